The van der Waals surface area contributed by atoms with Gasteiger partial charge in [-0.2, -0.15) is 0 Å². The molecule has 0 aromatic carbocycles. The maximum atomic E-state index is 10.2. The molecule has 0 bridgehead atoms. The molecule has 1 saturated heterocycles. The molecule has 0 aromatic rings. The zero-order valence-corrected chi connectivity index (χ0v) is 7.07. The van der Waals surface area contributed by atoms with Crippen LogP contribution in [-0.2, 0) is 4.79 Å². The summed E-state index contributed by atoms with van der Waals surface area (Å²) >= 11 is 0. The Morgan fingerprint density at radius 3 is 2.42 bits per heavy atom. The molecule has 0 atom stereocenters. The monoisotopic (exact) mass is 173 g/mol. The summed E-state index contributed by atoms with van der Waals surface area (Å²) in [7, 11) is 0. The molecule has 1 fully saturated rings. The molecule has 3 N–H and O–H groups in total. The summed E-state index contributed by atoms with van der Waals surface area (Å²) in [5.74, 6) is 4.81. The Bertz CT molecular complexity index is 155. The first kappa shape index (κ1) is 9.44. The average molecular weight is 173 g/mol. The molecule has 0 aromatic heterocycles. The van der Waals surface area contributed by atoms with Gasteiger partial charge in [-0.05, 0) is 0 Å². The second-order valence-corrected chi connectivity index (χ2v) is 3.02. The highest BCUT2D eigenvalue weighted by Gasteiger charge is 2.14. The minimum absolute atomic E-state index is 0.227. The average Bonchev–Trinajstić information content (AvgIpc) is 2.03. The largest absolute Gasteiger partial charge is 0.481 e. The summed E-state index contributed by atoms with van der Waals surface area (Å²) in [4.78, 5) is 12.4. The molecule has 1 aliphatic heterocycles. The molecule has 1 rings (SSSR count). The number of hydrazine groups is 1. The molecular formula is C7H15N3O2. The van der Waals surface area contributed by atoms with Gasteiger partial charge in [-0.1, -0.05) is 0 Å². The maximum Gasteiger partial charge on any atom is 0.304 e. The van der Waals surface area contributed by atoms with E-state index in [4.69, 9.17) is 10.9 Å². The molecule has 12 heavy (non-hydrogen) atoms. The van der Waals surface area contributed by atoms with E-state index in [0.717, 1.165) is 26.2 Å². The molecule has 0 saturated carbocycles. The number of piperazine rings is 1. The van der Waals surface area contributed by atoms with Gasteiger partial charge in [0, 0.05) is 32.7 Å². The van der Waals surface area contributed by atoms with E-state index in [0.29, 0.717) is 6.54 Å². The Labute approximate surface area is 71.7 Å². The molecule has 0 amide bonds. The van der Waals surface area contributed by atoms with E-state index in [-0.39, 0.29) is 6.42 Å². The fourth-order valence-corrected chi connectivity index (χ4v) is 1.24. The van der Waals surface area contributed by atoms with E-state index in [1.807, 2.05) is 0 Å². The van der Waals surface area contributed by atoms with Crippen molar-refractivity contribution in [3.05, 3.63) is 0 Å². The fraction of sp³-hybridized carbons (Fsp3) is 0.857. The molecule has 5 heteroatoms. The molecule has 5 nitrogen and oxygen atoms in total. The van der Waals surface area contributed by atoms with Crippen LogP contribution in [0.25, 0.3) is 0 Å². The third-order valence-electron chi connectivity index (χ3n) is 2.05. The predicted octanol–water partition coefficient (Wildman–Crippen LogP) is -1.05. The number of carboxylic acids is 1. The highest BCUT2D eigenvalue weighted by atomic mass is 16.4. The van der Waals surface area contributed by atoms with E-state index >= 15 is 0 Å². The molecule has 1 heterocycles. The summed E-state index contributed by atoms with van der Waals surface area (Å²) in [5.41, 5.74) is 0. The lowest BCUT2D eigenvalue weighted by Crippen LogP contribution is -2.49. The van der Waals surface area contributed by atoms with Gasteiger partial charge in [-0.15, -0.1) is 0 Å². The van der Waals surface area contributed by atoms with Crippen molar-refractivity contribution < 1.29 is 9.90 Å². The van der Waals surface area contributed by atoms with Crippen LogP contribution in [0, 0.1) is 0 Å². The maximum absolute atomic E-state index is 10.2. The van der Waals surface area contributed by atoms with Crippen LogP contribution >= 0.6 is 0 Å². The number of aliphatic carboxylic acids is 1. The van der Waals surface area contributed by atoms with Crippen LogP contribution in [0.2, 0.25) is 0 Å². The number of nitrogens with two attached hydrogens (primary N) is 1. The minimum Gasteiger partial charge on any atom is -0.481 e. The number of carboxylic acid groups (broad SMARTS) is 1. The lowest BCUT2D eigenvalue weighted by molar-refractivity contribution is -0.137. The van der Waals surface area contributed by atoms with E-state index in [1.165, 1.54) is 0 Å². The van der Waals surface area contributed by atoms with Gasteiger partial charge in [0.05, 0.1) is 6.42 Å². The van der Waals surface area contributed by atoms with Crippen LogP contribution < -0.4 is 5.84 Å². The number of nitrogens with zero attached hydrogens (tertiary/aromatic N) is 2. The van der Waals surface area contributed by atoms with E-state index in [1.54, 1.807) is 5.01 Å². The molecule has 0 spiro atoms. The third-order valence-corrected chi connectivity index (χ3v) is 2.05. The second-order valence-electron chi connectivity index (χ2n) is 3.02. The van der Waals surface area contributed by atoms with E-state index in [9.17, 15) is 4.79 Å². The fourth-order valence-electron chi connectivity index (χ4n) is 1.24. The lowest BCUT2D eigenvalue weighted by atomic mass is 10.3. The van der Waals surface area contributed by atoms with E-state index in [2.05, 4.69) is 4.90 Å². The topological polar surface area (TPSA) is 69.8 Å². The van der Waals surface area contributed by atoms with Crippen molar-refractivity contribution in [2.24, 2.45) is 5.84 Å². The Balaban J connectivity index is 2.13. The normalized spacial score (nSPS) is 21.1. The van der Waals surface area contributed by atoms with Gasteiger partial charge in [0.25, 0.3) is 0 Å². The number of rotatable bonds is 3. The first-order valence-electron chi connectivity index (χ1n) is 4.12. The molecule has 0 unspecified atom stereocenters. The zero-order valence-electron chi connectivity index (χ0n) is 7.07. The van der Waals surface area contributed by atoms with E-state index < -0.39 is 5.97 Å². The minimum atomic E-state index is -0.731. The van der Waals surface area contributed by atoms with Gasteiger partial charge in [0.1, 0.15) is 0 Å². The van der Waals surface area contributed by atoms with Crippen molar-refractivity contribution >= 4 is 5.97 Å². The Morgan fingerprint density at radius 2 is 1.92 bits per heavy atom. The summed E-state index contributed by atoms with van der Waals surface area (Å²) in [5, 5.41) is 10.2. The van der Waals surface area contributed by atoms with Crippen LogP contribution in [0.3, 0.4) is 0 Å². The SMILES string of the molecule is NN1CCN(CCC(=O)O)CC1. The van der Waals surface area contributed by atoms with Gasteiger partial charge in [0.2, 0.25) is 0 Å². The first-order chi connectivity index (χ1) is 5.68. The van der Waals surface area contributed by atoms with Gasteiger partial charge in [-0.25, -0.2) is 5.01 Å². The molecular weight excluding hydrogens is 158 g/mol. The van der Waals surface area contributed by atoms with Crippen LogP contribution in [0.5, 0.6) is 0 Å². The van der Waals surface area contributed by atoms with Crippen LogP contribution in [0.15, 0.2) is 0 Å². The quantitative estimate of drug-likeness (QED) is 0.533. The number of carbonyl (C=O) groups is 1. The summed E-state index contributed by atoms with van der Waals surface area (Å²) in [6, 6.07) is 0. The highest BCUT2D eigenvalue weighted by Crippen LogP contribution is 1.98. The van der Waals surface area contributed by atoms with Gasteiger partial charge in [-0.3, -0.25) is 10.6 Å². The standard InChI is InChI=1S/C7H15N3O2/c8-10-5-3-9(4-6-10)2-1-7(11)12/h1-6,8H2,(H,11,12). The van der Waals surface area contributed by atoms with Crippen molar-refractivity contribution in [1.82, 2.24) is 9.91 Å². The summed E-state index contributed by atoms with van der Waals surface area (Å²) < 4.78 is 0. The van der Waals surface area contributed by atoms with Crippen molar-refractivity contribution in [2.45, 2.75) is 6.42 Å². The zero-order chi connectivity index (χ0) is 8.97. The van der Waals surface area contributed by atoms with Crippen LogP contribution in [0.1, 0.15) is 6.42 Å². The van der Waals surface area contributed by atoms with Crippen molar-refractivity contribution in [2.75, 3.05) is 32.7 Å². The summed E-state index contributed by atoms with van der Waals surface area (Å²) in [6.45, 7) is 4.07. The lowest BCUT2D eigenvalue weighted by Gasteiger charge is -2.31. The first-order valence-corrected chi connectivity index (χ1v) is 4.12. The number of hydrogen-bond donors (Lipinski definition) is 2. The molecule has 0 aliphatic carbocycles. The third kappa shape index (κ3) is 3.17. The van der Waals surface area contributed by atoms with Gasteiger partial charge >= 0.3 is 5.97 Å². The number of hydrogen-bond acceptors (Lipinski definition) is 4. The van der Waals surface area contributed by atoms with Crippen LogP contribution in [0.4, 0.5) is 0 Å². The van der Waals surface area contributed by atoms with Crippen molar-refractivity contribution in [3.63, 3.8) is 0 Å². The van der Waals surface area contributed by atoms with Gasteiger partial charge in [0.15, 0.2) is 0 Å². The summed E-state index contributed by atoms with van der Waals surface area (Å²) in [6.07, 6.45) is 0.227. The Hall–Kier alpha value is -0.650. The molecule has 0 radical (unpaired) electrons. The Morgan fingerprint density at radius 1 is 1.33 bits per heavy atom. The van der Waals surface area contributed by atoms with Gasteiger partial charge < -0.3 is 10.0 Å². The second kappa shape index (κ2) is 4.39. The van der Waals surface area contributed by atoms with Crippen molar-refractivity contribution in [1.29, 1.82) is 0 Å². The predicted molar refractivity (Wildman–Crippen MR) is 44.5 cm³/mol. The Kier molecular flexibility index (Phi) is 3.46. The smallest absolute Gasteiger partial charge is 0.304 e. The molecule has 70 valence electrons. The van der Waals surface area contributed by atoms with Crippen LogP contribution in [-0.4, -0.2) is 53.7 Å². The van der Waals surface area contributed by atoms with Crippen molar-refractivity contribution in [3.8, 4) is 0 Å². The highest BCUT2D eigenvalue weighted by molar-refractivity contribution is 5.66. The molecule has 1 aliphatic rings.